The second-order valence-electron chi connectivity index (χ2n) is 4.95. The molecule has 0 bridgehead atoms. The fourth-order valence-electron chi connectivity index (χ4n) is 2.41. The third kappa shape index (κ3) is 2.44. The largest absolute Gasteiger partial charge is 0.453 e. The van der Waals surface area contributed by atoms with E-state index in [9.17, 15) is 0 Å². The summed E-state index contributed by atoms with van der Waals surface area (Å²) in [5, 5.41) is 4.41. The molecule has 0 atom stereocenters. The number of benzene rings is 1. The van der Waals surface area contributed by atoms with E-state index < -0.39 is 0 Å². The molecule has 23 heavy (non-hydrogen) atoms. The molecule has 1 N–H and O–H groups in total. The van der Waals surface area contributed by atoms with Crippen molar-refractivity contribution in [3.8, 4) is 11.4 Å². The van der Waals surface area contributed by atoms with Crippen LogP contribution in [0.4, 0.5) is 5.82 Å². The maximum atomic E-state index is 6.26. The number of fused-ring (bicyclic) bond motifs is 3. The van der Waals surface area contributed by atoms with Gasteiger partial charge in [0.15, 0.2) is 11.4 Å². The van der Waals surface area contributed by atoms with Crippen molar-refractivity contribution >= 4 is 55.4 Å². The van der Waals surface area contributed by atoms with Crippen molar-refractivity contribution in [3.63, 3.8) is 0 Å². The van der Waals surface area contributed by atoms with Crippen LogP contribution in [0.3, 0.4) is 0 Å². The summed E-state index contributed by atoms with van der Waals surface area (Å²) in [6, 6.07) is 7.63. The summed E-state index contributed by atoms with van der Waals surface area (Å²) in [5.74, 6) is 1.23. The van der Waals surface area contributed by atoms with Crippen molar-refractivity contribution in [1.82, 2.24) is 15.0 Å². The third-order valence-corrected chi connectivity index (χ3v) is 4.32. The highest BCUT2D eigenvalue weighted by Gasteiger charge is 2.14. The molecule has 1 aromatic carbocycles. The second-order valence-corrected chi connectivity index (χ2v) is 6.27. The number of rotatable bonds is 2. The first-order valence-electron chi connectivity index (χ1n) is 6.84. The van der Waals surface area contributed by atoms with Crippen LogP contribution in [0.5, 0.6) is 0 Å². The number of anilines is 1. The summed E-state index contributed by atoms with van der Waals surface area (Å²) >= 11 is 9.73. The number of furan rings is 1. The van der Waals surface area contributed by atoms with Gasteiger partial charge in [0.25, 0.3) is 0 Å². The van der Waals surface area contributed by atoms with E-state index in [1.165, 1.54) is 0 Å². The quantitative estimate of drug-likeness (QED) is 0.528. The molecule has 3 heterocycles. The van der Waals surface area contributed by atoms with E-state index in [-0.39, 0.29) is 0 Å². The molecule has 114 valence electrons. The van der Waals surface area contributed by atoms with E-state index in [0.29, 0.717) is 22.2 Å². The summed E-state index contributed by atoms with van der Waals surface area (Å²) in [5.41, 5.74) is 2.88. The lowest BCUT2D eigenvalue weighted by atomic mass is 10.2. The van der Waals surface area contributed by atoms with Gasteiger partial charge in [-0.3, -0.25) is 0 Å². The smallest absolute Gasteiger partial charge is 0.172 e. The predicted octanol–water partition coefficient (Wildman–Crippen LogP) is 4.90. The fraction of sp³-hybridized carbons (Fsp3) is 0.0625. The normalized spacial score (nSPS) is 11.3. The molecular weight excluding hydrogens is 380 g/mol. The SMILES string of the molecule is CNc1cc(-c2ncc3oc4ccc(Br)cc4c3n2)c(Cl)cn1. The highest BCUT2D eigenvalue weighted by Crippen LogP contribution is 2.32. The van der Waals surface area contributed by atoms with Gasteiger partial charge in [0.2, 0.25) is 0 Å². The summed E-state index contributed by atoms with van der Waals surface area (Å²) in [6.45, 7) is 0. The van der Waals surface area contributed by atoms with Gasteiger partial charge in [-0.1, -0.05) is 27.5 Å². The zero-order valence-electron chi connectivity index (χ0n) is 12.0. The number of nitrogens with one attached hydrogen (secondary N) is 1. The Morgan fingerprint density at radius 2 is 2.00 bits per heavy atom. The minimum atomic E-state index is 0.498. The van der Waals surface area contributed by atoms with E-state index in [1.807, 2.05) is 24.3 Å². The number of aromatic nitrogens is 3. The van der Waals surface area contributed by atoms with Crippen LogP contribution in [0.25, 0.3) is 33.5 Å². The molecule has 4 aromatic rings. The molecule has 0 aliphatic heterocycles. The van der Waals surface area contributed by atoms with Gasteiger partial charge in [-0.25, -0.2) is 15.0 Å². The molecule has 3 aromatic heterocycles. The van der Waals surface area contributed by atoms with Crippen LogP contribution in [-0.2, 0) is 0 Å². The van der Waals surface area contributed by atoms with E-state index in [1.54, 1.807) is 19.4 Å². The summed E-state index contributed by atoms with van der Waals surface area (Å²) in [6.07, 6.45) is 3.25. The molecule has 0 aliphatic rings. The average Bonchev–Trinajstić information content (AvgIpc) is 2.92. The molecule has 5 nitrogen and oxygen atoms in total. The van der Waals surface area contributed by atoms with Gasteiger partial charge in [-0.15, -0.1) is 0 Å². The maximum absolute atomic E-state index is 6.26. The Hall–Kier alpha value is -2.18. The number of pyridine rings is 1. The molecule has 0 fully saturated rings. The molecule has 0 saturated heterocycles. The monoisotopic (exact) mass is 388 g/mol. The lowest BCUT2D eigenvalue weighted by Gasteiger charge is -2.05. The number of hydrogen-bond acceptors (Lipinski definition) is 5. The van der Waals surface area contributed by atoms with Crippen LogP contribution in [0, 0.1) is 0 Å². The van der Waals surface area contributed by atoms with Gasteiger partial charge in [0.1, 0.15) is 16.9 Å². The highest BCUT2D eigenvalue weighted by molar-refractivity contribution is 9.10. The zero-order chi connectivity index (χ0) is 16.0. The Kier molecular flexibility index (Phi) is 3.43. The molecule has 0 aliphatic carbocycles. The summed E-state index contributed by atoms with van der Waals surface area (Å²) in [4.78, 5) is 13.2. The molecule has 0 spiro atoms. The highest BCUT2D eigenvalue weighted by atomic mass is 79.9. The average molecular weight is 390 g/mol. The van der Waals surface area contributed by atoms with Crippen molar-refractivity contribution in [2.45, 2.75) is 0 Å². The van der Waals surface area contributed by atoms with E-state index in [0.717, 1.165) is 26.5 Å². The van der Waals surface area contributed by atoms with Crippen molar-refractivity contribution in [1.29, 1.82) is 0 Å². The van der Waals surface area contributed by atoms with Crippen LogP contribution in [-0.4, -0.2) is 22.0 Å². The maximum Gasteiger partial charge on any atom is 0.172 e. The Labute approximate surface area is 144 Å². The molecule has 0 amide bonds. The van der Waals surface area contributed by atoms with Gasteiger partial charge < -0.3 is 9.73 Å². The van der Waals surface area contributed by atoms with Crippen LogP contribution < -0.4 is 5.32 Å². The number of hydrogen-bond donors (Lipinski definition) is 1. The van der Waals surface area contributed by atoms with Crippen molar-refractivity contribution in [3.05, 3.63) is 46.2 Å². The summed E-state index contributed by atoms with van der Waals surface area (Å²) < 4.78 is 6.73. The molecule has 0 radical (unpaired) electrons. The van der Waals surface area contributed by atoms with Crippen molar-refractivity contribution < 1.29 is 4.42 Å². The van der Waals surface area contributed by atoms with Crippen LogP contribution in [0.2, 0.25) is 5.02 Å². The van der Waals surface area contributed by atoms with Gasteiger partial charge >= 0.3 is 0 Å². The first-order chi connectivity index (χ1) is 11.2. The van der Waals surface area contributed by atoms with E-state index in [2.05, 4.69) is 36.2 Å². The lowest BCUT2D eigenvalue weighted by Crippen LogP contribution is -1.95. The fourth-order valence-corrected chi connectivity index (χ4v) is 2.96. The molecule has 0 saturated carbocycles. The third-order valence-electron chi connectivity index (χ3n) is 3.52. The number of nitrogens with zero attached hydrogens (tertiary/aromatic N) is 3. The summed E-state index contributed by atoms with van der Waals surface area (Å²) in [7, 11) is 1.80. The van der Waals surface area contributed by atoms with Crippen LogP contribution in [0.15, 0.2) is 45.5 Å². The van der Waals surface area contributed by atoms with Gasteiger partial charge in [-0.05, 0) is 24.3 Å². The first kappa shape index (κ1) is 14.4. The van der Waals surface area contributed by atoms with Crippen molar-refractivity contribution in [2.75, 3.05) is 12.4 Å². The molecule has 0 unspecified atom stereocenters. The minimum absolute atomic E-state index is 0.498. The van der Waals surface area contributed by atoms with Gasteiger partial charge in [0, 0.05) is 28.7 Å². The molecular formula is C16H10BrClN4O. The lowest BCUT2D eigenvalue weighted by molar-refractivity contribution is 0.666. The van der Waals surface area contributed by atoms with Crippen LogP contribution in [0.1, 0.15) is 0 Å². The van der Waals surface area contributed by atoms with E-state index in [4.69, 9.17) is 16.0 Å². The molecule has 4 rings (SSSR count). The van der Waals surface area contributed by atoms with E-state index >= 15 is 0 Å². The van der Waals surface area contributed by atoms with Crippen LogP contribution >= 0.6 is 27.5 Å². The topological polar surface area (TPSA) is 63.8 Å². The van der Waals surface area contributed by atoms with Crippen molar-refractivity contribution in [2.24, 2.45) is 0 Å². The second kappa shape index (κ2) is 5.47. The Bertz CT molecular complexity index is 1050. The Balaban J connectivity index is 1.98. The Morgan fingerprint density at radius 3 is 2.83 bits per heavy atom. The zero-order valence-corrected chi connectivity index (χ0v) is 14.3. The minimum Gasteiger partial charge on any atom is -0.453 e. The number of halogens is 2. The van der Waals surface area contributed by atoms with Gasteiger partial charge in [-0.2, -0.15) is 0 Å². The molecule has 7 heteroatoms. The predicted molar refractivity (Wildman–Crippen MR) is 94.8 cm³/mol. The standard InChI is InChI=1S/C16H10BrClN4O/c1-19-14-5-9(11(18)6-20-14)16-21-7-13-15(22-16)10-4-8(17)2-3-12(10)23-13/h2-7H,1H3,(H,19,20). The Morgan fingerprint density at radius 1 is 1.13 bits per heavy atom. The van der Waals surface area contributed by atoms with Gasteiger partial charge in [0.05, 0.1) is 11.2 Å². The first-order valence-corrected chi connectivity index (χ1v) is 8.01.